The van der Waals surface area contributed by atoms with E-state index in [2.05, 4.69) is 34.9 Å². The first-order valence-electron chi connectivity index (χ1n) is 5.95. The first kappa shape index (κ1) is 11.2. The van der Waals surface area contributed by atoms with Crippen LogP contribution in [-0.2, 0) is 6.54 Å². The Balaban J connectivity index is 2.05. The highest BCUT2D eigenvalue weighted by molar-refractivity contribution is 6.33. The van der Waals surface area contributed by atoms with Crippen LogP contribution in [0.3, 0.4) is 0 Å². The van der Waals surface area contributed by atoms with Crippen molar-refractivity contribution < 1.29 is 4.57 Å². The van der Waals surface area contributed by atoms with Gasteiger partial charge in [-0.25, -0.2) is 0 Å². The summed E-state index contributed by atoms with van der Waals surface area (Å²) in [7, 11) is 0. The van der Waals surface area contributed by atoms with Gasteiger partial charge >= 0.3 is 0 Å². The van der Waals surface area contributed by atoms with Gasteiger partial charge in [-0.15, -0.1) is 0 Å². The second-order valence-corrected chi connectivity index (χ2v) is 4.67. The van der Waals surface area contributed by atoms with Gasteiger partial charge in [-0.3, -0.25) is 0 Å². The van der Waals surface area contributed by atoms with Crippen molar-refractivity contribution in [3.8, 4) is 0 Å². The zero-order valence-corrected chi connectivity index (χ0v) is 10.6. The van der Waals surface area contributed by atoms with Gasteiger partial charge in [0, 0.05) is 11.6 Å². The van der Waals surface area contributed by atoms with Crippen LogP contribution in [-0.4, -0.2) is 0 Å². The molecule has 18 heavy (non-hydrogen) atoms. The van der Waals surface area contributed by atoms with E-state index < -0.39 is 0 Å². The molecule has 0 N–H and O–H groups in total. The van der Waals surface area contributed by atoms with E-state index in [0.717, 1.165) is 17.1 Å². The highest BCUT2D eigenvalue weighted by Gasteiger charge is 2.12. The Morgan fingerprint density at radius 1 is 0.833 bits per heavy atom. The van der Waals surface area contributed by atoms with Crippen LogP contribution in [0.2, 0.25) is 5.15 Å². The summed E-state index contributed by atoms with van der Waals surface area (Å²) in [5, 5.41) is 3.06. The van der Waals surface area contributed by atoms with E-state index in [1.54, 1.807) is 0 Å². The summed E-state index contributed by atoms with van der Waals surface area (Å²) < 4.78 is 2.07. The molecule has 0 amide bonds. The van der Waals surface area contributed by atoms with E-state index in [4.69, 9.17) is 11.6 Å². The van der Waals surface area contributed by atoms with Crippen molar-refractivity contribution >= 4 is 22.4 Å². The fourth-order valence-electron chi connectivity index (χ4n) is 2.12. The molecule has 1 nitrogen and oxygen atoms in total. The molecule has 3 aromatic rings. The van der Waals surface area contributed by atoms with Gasteiger partial charge in [0.2, 0.25) is 0 Å². The zero-order valence-electron chi connectivity index (χ0n) is 9.88. The van der Waals surface area contributed by atoms with Gasteiger partial charge in [-0.1, -0.05) is 48.5 Å². The molecule has 2 aromatic carbocycles. The molecule has 1 aromatic heterocycles. The second-order valence-electron chi connectivity index (χ2n) is 4.31. The minimum atomic E-state index is 0.789. The number of pyridine rings is 1. The fraction of sp³-hybridized carbons (Fsp3) is 0.0625. The molecule has 0 saturated heterocycles. The van der Waals surface area contributed by atoms with Gasteiger partial charge in [0.25, 0.3) is 5.15 Å². The zero-order chi connectivity index (χ0) is 12.4. The van der Waals surface area contributed by atoms with Crippen LogP contribution >= 0.6 is 11.6 Å². The minimum absolute atomic E-state index is 0.789. The van der Waals surface area contributed by atoms with Crippen LogP contribution in [0.15, 0.2) is 66.9 Å². The van der Waals surface area contributed by atoms with Gasteiger partial charge in [-0.05, 0) is 23.1 Å². The molecule has 0 bridgehead atoms. The Hall–Kier alpha value is -1.86. The number of hydrogen-bond acceptors (Lipinski definition) is 0. The van der Waals surface area contributed by atoms with Crippen molar-refractivity contribution in [1.29, 1.82) is 0 Å². The fourth-order valence-corrected chi connectivity index (χ4v) is 2.41. The standard InChI is InChI=1S/C16H13ClN/c17-16-15-9-5-4-8-14(15)10-11-18(16)12-13-6-2-1-3-7-13/h1-11H,12H2/q+1. The molecule has 2 heteroatoms. The number of nitrogens with zero attached hydrogens (tertiary/aromatic N) is 1. The second kappa shape index (κ2) is 4.79. The lowest BCUT2D eigenvalue weighted by Gasteiger charge is -2.02. The topological polar surface area (TPSA) is 3.88 Å². The largest absolute Gasteiger partial charge is 0.283 e. The minimum Gasteiger partial charge on any atom is -0.184 e. The molecule has 0 atom stereocenters. The number of halogens is 1. The third kappa shape index (κ3) is 2.09. The third-order valence-electron chi connectivity index (χ3n) is 3.06. The summed E-state index contributed by atoms with van der Waals surface area (Å²) >= 11 is 6.45. The van der Waals surface area contributed by atoms with Crippen LogP contribution in [0.1, 0.15) is 5.56 Å². The average Bonchev–Trinajstić information content (AvgIpc) is 2.43. The van der Waals surface area contributed by atoms with Crippen LogP contribution < -0.4 is 4.57 Å². The number of aromatic nitrogens is 1. The molecule has 0 radical (unpaired) electrons. The van der Waals surface area contributed by atoms with Crippen molar-refractivity contribution in [3.63, 3.8) is 0 Å². The Labute approximate surface area is 111 Å². The Morgan fingerprint density at radius 2 is 1.56 bits per heavy atom. The number of benzene rings is 2. The van der Waals surface area contributed by atoms with Gasteiger partial charge in [0.1, 0.15) is 0 Å². The lowest BCUT2D eigenvalue weighted by atomic mass is 10.1. The first-order valence-corrected chi connectivity index (χ1v) is 6.33. The van der Waals surface area contributed by atoms with Crippen molar-refractivity contribution in [3.05, 3.63) is 77.6 Å². The predicted octanol–water partition coefficient (Wildman–Crippen LogP) is 3.83. The van der Waals surface area contributed by atoms with Gasteiger partial charge in [0.05, 0.1) is 5.39 Å². The maximum atomic E-state index is 6.45. The van der Waals surface area contributed by atoms with Gasteiger partial charge < -0.3 is 0 Å². The van der Waals surface area contributed by atoms with Crippen LogP contribution in [0, 0.1) is 0 Å². The van der Waals surface area contributed by atoms with Crippen molar-refractivity contribution in [2.24, 2.45) is 0 Å². The first-order chi connectivity index (χ1) is 8.84. The molecule has 88 valence electrons. The van der Waals surface area contributed by atoms with E-state index in [-0.39, 0.29) is 0 Å². The normalized spacial score (nSPS) is 10.7. The maximum Gasteiger partial charge on any atom is 0.283 e. The van der Waals surface area contributed by atoms with E-state index in [0.29, 0.717) is 0 Å². The van der Waals surface area contributed by atoms with Gasteiger partial charge in [0.15, 0.2) is 12.7 Å². The highest BCUT2D eigenvalue weighted by Crippen LogP contribution is 2.19. The lowest BCUT2D eigenvalue weighted by Crippen LogP contribution is -2.35. The molecule has 3 rings (SSSR count). The summed E-state index contributed by atoms with van der Waals surface area (Å²) in [4.78, 5) is 0. The van der Waals surface area contributed by atoms with E-state index in [1.165, 1.54) is 10.9 Å². The van der Waals surface area contributed by atoms with Crippen molar-refractivity contribution in [1.82, 2.24) is 0 Å². The number of hydrogen-bond donors (Lipinski definition) is 0. The number of fused-ring (bicyclic) bond motifs is 1. The molecular weight excluding hydrogens is 242 g/mol. The summed E-state index contributed by atoms with van der Waals surface area (Å²) in [6.45, 7) is 0.796. The predicted molar refractivity (Wildman–Crippen MR) is 74.7 cm³/mol. The van der Waals surface area contributed by atoms with Crippen molar-refractivity contribution in [2.45, 2.75) is 6.54 Å². The van der Waals surface area contributed by atoms with Crippen LogP contribution in [0.5, 0.6) is 0 Å². The lowest BCUT2D eigenvalue weighted by molar-refractivity contribution is -0.684. The molecule has 0 spiro atoms. The smallest absolute Gasteiger partial charge is 0.184 e. The van der Waals surface area contributed by atoms with E-state index in [9.17, 15) is 0 Å². The summed E-state index contributed by atoms with van der Waals surface area (Å²) in [6, 6.07) is 20.6. The molecule has 0 saturated carbocycles. The Bertz CT molecular complexity index is 677. The summed E-state index contributed by atoms with van der Waals surface area (Å²) in [5.74, 6) is 0. The molecule has 0 aliphatic heterocycles. The Morgan fingerprint density at radius 3 is 2.39 bits per heavy atom. The Kier molecular flexibility index (Phi) is 2.99. The SMILES string of the molecule is Clc1c2ccccc2cc[n+]1Cc1ccccc1. The molecule has 0 aliphatic rings. The molecule has 0 fully saturated rings. The summed E-state index contributed by atoms with van der Waals surface area (Å²) in [5.41, 5.74) is 1.25. The van der Waals surface area contributed by atoms with Crippen LogP contribution in [0.25, 0.3) is 10.8 Å². The monoisotopic (exact) mass is 254 g/mol. The van der Waals surface area contributed by atoms with Crippen LogP contribution in [0.4, 0.5) is 0 Å². The van der Waals surface area contributed by atoms with E-state index >= 15 is 0 Å². The molecule has 0 aliphatic carbocycles. The number of rotatable bonds is 2. The van der Waals surface area contributed by atoms with E-state index in [1.807, 2.05) is 36.5 Å². The average molecular weight is 255 g/mol. The van der Waals surface area contributed by atoms with Crippen molar-refractivity contribution in [2.75, 3.05) is 0 Å². The maximum absolute atomic E-state index is 6.45. The van der Waals surface area contributed by atoms with Gasteiger partial charge in [-0.2, -0.15) is 4.57 Å². The summed E-state index contributed by atoms with van der Waals surface area (Å²) in [6.07, 6.45) is 2.04. The third-order valence-corrected chi connectivity index (χ3v) is 3.49. The molecule has 1 heterocycles. The molecular formula is C16H13ClN+. The molecule has 0 unspecified atom stereocenters. The highest BCUT2D eigenvalue weighted by atomic mass is 35.5. The quantitative estimate of drug-likeness (QED) is 0.483.